The third-order valence-electron chi connectivity index (χ3n) is 4.72. The van der Waals surface area contributed by atoms with E-state index in [1.807, 2.05) is 11.0 Å². The van der Waals surface area contributed by atoms with Gasteiger partial charge in [-0.1, -0.05) is 0 Å². The average Bonchev–Trinajstić information content (AvgIpc) is 2.62. The van der Waals surface area contributed by atoms with E-state index in [2.05, 4.69) is 32.0 Å². The number of nitrogens with zero attached hydrogens (tertiary/aromatic N) is 5. The first-order chi connectivity index (χ1) is 11.2. The summed E-state index contributed by atoms with van der Waals surface area (Å²) in [6.45, 7) is 9.28. The highest BCUT2D eigenvalue weighted by molar-refractivity contribution is 5.85. The smallest absolute Gasteiger partial charge is 0.225 e. The average molecular weight is 391 g/mol. The van der Waals surface area contributed by atoms with Gasteiger partial charge in [-0.05, 0) is 13.0 Å². The number of anilines is 1. The van der Waals surface area contributed by atoms with E-state index < -0.39 is 0 Å². The van der Waals surface area contributed by atoms with Gasteiger partial charge in [0.15, 0.2) is 0 Å². The zero-order chi connectivity index (χ0) is 16.1. The third kappa shape index (κ3) is 5.95. The van der Waals surface area contributed by atoms with Crippen molar-refractivity contribution < 1.29 is 4.79 Å². The van der Waals surface area contributed by atoms with Crippen LogP contribution in [0.4, 0.5) is 5.95 Å². The standard InChI is InChI=1S/C16H26N6O.2ClH/c1-14-13-17-6-8-20(14)7-3-15(23)21-9-11-22(12-10-21)16-18-4-2-5-19-16;;/h2,4-5,14,17H,3,6-13H2,1H3;2*1H/t14-;;/m0../s1. The number of rotatable bonds is 4. The van der Waals surface area contributed by atoms with Crippen LogP contribution in [0.5, 0.6) is 0 Å². The van der Waals surface area contributed by atoms with Crippen molar-refractivity contribution in [2.75, 3.05) is 57.3 Å². The minimum Gasteiger partial charge on any atom is -0.339 e. The molecule has 0 bridgehead atoms. The van der Waals surface area contributed by atoms with Crippen molar-refractivity contribution in [1.82, 2.24) is 25.1 Å². The maximum Gasteiger partial charge on any atom is 0.225 e. The normalized spacial score (nSPS) is 21.2. The second-order valence-corrected chi connectivity index (χ2v) is 6.26. The number of hydrogen-bond donors (Lipinski definition) is 1. The van der Waals surface area contributed by atoms with Crippen molar-refractivity contribution in [3.8, 4) is 0 Å². The first-order valence-corrected chi connectivity index (χ1v) is 8.48. The summed E-state index contributed by atoms with van der Waals surface area (Å²) >= 11 is 0. The van der Waals surface area contributed by atoms with Crippen molar-refractivity contribution in [2.45, 2.75) is 19.4 Å². The van der Waals surface area contributed by atoms with E-state index in [1.54, 1.807) is 12.4 Å². The van der Waals surface area contributed by atoms with Crippen molar-refractivity contribution >= 4 is 36.7 Å². The first-order valence-electron chi connectivity index (χ1n) is 8.48. The molecule has 0 radical (unpaired) electrons. The molecule has 2 fully saturated rings. The zero-order valence-corrected chi connectivity index (χ0v) is 16.3. The fraction of sp³-hybridized carbons (Fsp3) is 0.688. The van der Waals surface area contributed by atoms with Crippen LogP contribution in [0.3, 0.4) is 0 Å². The monoisotopic (exact) mass is 390 g/mol. The summed E-state index contributed by atoms with van der Waals surface area (Å²) in [4.78, 5) is 27.5. The van der Waals surface area contributed by atoms with Crippen LogP contribution < -0.4 is 10.2 Å². The van der Waals surface area contributed by atoms with Crippen molar-refractivity contribution in [1.29, 1.82) is 0 Å². The molecule has 2 aliphatic heterocycles. The Bertz CT molecular complexity index is 513. The number of hydrogen-bond acceptors (Lipinski definition) is 6. The van der Waals surface area contributed by atoms with Gasteiger partial charge in [0.05, 0.1) is 0 Å². The minimum atomic E-state index is 0. The highest BCUT2D eigenvalue weighted by Crippen LogP contribution is 2.11. The van der Waals surface area contributed by atoms with E-state index in [0.717, 1.165) is 58.3 Å². The Morgan fingerprint density at radius 3 is 2.48 bits per heavy atom. The molecule has 3 rings (SSSR count). The second kappa shape index (κ2) is 10.8. The van der Waals surface area contributed by atoms with E-state index in [-0.39, 0.29) is 30.7 Å². The number of nitrogens with one attached hydrogen (secondary N) is 1. The topological polar surface area (TPSA) is 64.6 Å². The van der Waals surface area contributed by atoms with Gasteiger partial charge in [0.25, 0.3) is 0 Å². The molecule has 2 aliphatic rings. The van der Waals surface area contributed by atoms with Gasteiger partial charge in [-0.15, -0.1) is 24.8 Å². The molecule has 1 amide bonds. The summed E-state index contributed by atoms with van der Waals surface area (Å²) in [6, 6.07) is 2.34. The Morgan fingerprint density at radius 2 is 1.84 bits per heavy atom. The van der Waals surface area contributed by atoms with Crippen LogP contribution in [-0.2, 0) is 4.79 Å². The molecule has 1 N–H and O–H groups in total. The Kier molecular flexibility index (Phi) is 9.42. The van der Waals surface area contributed by atoms with E-state index in [1.165, 1.54) is 0 Å². The number of piperazine rings is 2. The number of carbonyl (C=O) groups is 1. The van der Waals surface area contributed by atoms with Crippen molar-refractivity contribution in [3.63, 3.8) is 0 Å². The molecule has 0 saturated carbocycles. The Hall–Kier alpha value is -1.15. The van der Waals surface area contributed by atoms with Gasteiger partial charge < -0.3 is 15.1 Å². The lowest BCUT2D eigenvalue weighted by atomic mass is 10.2. The quantitative estimate of drug-likeness (QED) is 0.814. The molecular weight excluding hydrogens is 363 g/mol. The number of carbonyl (C=O) groups excluding carboxylic acids is 1. The molecule has 0 unspecified atom stereocenters. The number of halogens is 2. The summed E-state index contributed by atoms with van der Waals surface area (Å²) in [6.07, 6.45) is 4.13. The van der Waals surface area contributed by atoms with E-state index in [0.29, 0.717) is 12.5 Å². The predicted octanol–water partition coefficient (Wildman–Crippen LogP) is 0.653. The van der Waals surface area contributed by atoms with Crippen LogP contribution in [0, 0.1) is 0 Å². The maximum absolute atomic E-state index is 12.4. The predicted molar refractivity (Wildman–Crippen MR) is 104 cm³/mol. The lowest BCUT2D eigenvalue weighted by Crippen LogP contribution is -2.52. The molecule has 25 heavy (non-hydrogen) atoms. The van der Waals surface area contributed by atoms with E-state index >= 15 is 0 Å². The number of aromatic nitrogens is 2. The molecule has 0 spiro atoms. The highest BCUT2D eigenvalue weighted by atomic mass is 35.5. The molecule has 1 atom stereocenters. The summed E-state index contributed by atoms with van der Waals surface area (Å²) in [7, 11) is 0. The fourth-order valence-corrected chi connectivity index (χ4v) is 3.22. The minimum absolute atomic E-state index is 0. The lowest BCUT2D eigenvalue weighted by molar-refractivity contribution is -0.132. The van der Waals surface area contributed by atoms with E-state index in [9.17, 15) is 4.79 Å². The summed E-state index contributed by atoms with van der Waals surface area (Å²) in [5.74, 6) is 1.03. The molecule has 0 aromatic carbocycles. The highest BCUT2D eigenvalue weighted by Gasteiger charge is 2.24. The van der Waals surface area contributed by atoms with Gasteiger partial charge in [-0.2, -0.15) is 0 Å². The first kappa shape index (κ1) is 21.9. The van der Waals surface area contributed by atoms with Crippen LogP contribution in [0.25, 0.3) is 0 Å². The number of amides is 1. The Morgan fingerprint density at radius 1 is 1.16 bits per heavy atom. The maximum atomic E-state index is 12.4. The largest absolute Gasteiger partial charge is 0.339 e. The van der Waals surface area contributed by atoms with E-state index in [4.69, 9.17) is 0 Å². The second-order valence-electron chi connectivity index (χ2n) is 6.26. The molecule has 0 aliphatic carbocycles. The van der Waals surface area contributed by atoms with Crippen molar-refractivity contribution in [2.24, 2.45) is 0 Å². The Labute approximate surface area is 162 Å². The van der Waals surface area contributed by atoms with Gasteiger partial charge in [0.1, 0.15) is 0 Å². The van der Waals surface area contributed by atoms with Crippen LogP contribution >= 0.6 is 24.8 Å². The van der Waals surface area contributed by atoms with Gasteiger partial charge in [-0.25, -0.2) is 9.97 Å². The van der Waals surface area contributed by atoms with Crippen molar-refractivity contribution in [3.05, 3.63) is 18.5 Å². The summed E-state index contributed by atoms with van der Waals surface area (Å²) in [5.41, 5.74) is 0. The lowest BCUT2D eigenvalue weighted by Gasteiger charge is -2.36. The van der Waals surface area contributed by atoms with Crippen LogP contribution in [0.1, 0.15) is 13.3 Å². The SMILES string of the molecule is C[C@H]1CNCCN1CCC(=O)N1CCN(c2ncccn2)CC1.Cl.Cl. The molecule has 2 saturated heterocycles. The van der Waals surface area contributed by atoms with Gasteiger partial charge in [0.2, 0.25) is 11.9 Å². The molecule has 3 heterocycles. The molecule has 7 nitrogen and oxygen atoms in total. The van der Waals surface area contributed by atoms with Crippen LogP contribution in [0.2, 0.25) is 0 Å². The molecular formula is C16H28Cl2N6O. The molecule has 1 aromatic heterocycles. The summed E-state index contributed by atoms with van der Waals surface area (Å²) in [5, 5.41) is 3.38. The summed E-state index contributed by atoms with van der Waals surface area (Å²) < 4.78 is 0. The third-order valence-corrected chi connectivity index (χ3v) is 4.72. The fourth-order valence-electron chi connectivity index (χ4n) is 3.22. The zero-order valence-electron chi connectivity index (χ0n) is 14.6. The molecule has 142 valence electrons. The Balaban J connectivity index is 0.00000156. The molecule has 1 aromatic rings. The van der Waals surface area contributed by atoms with Gasteiger partial charge >= 0.3 is 0 Å². The van der Waals surface area contributed by atoms with Gasteiger partial charge in [0, 0.05) is 77.2 Å². The van der Waals surface area contributed by atoms with Crippen LogP contribution in [0.15, 0.2) is 18.5 Å². The molecule has 9 heteroatoms. The van der Waals surface area contributed by atoms with Crippen LogP contribution in [-0.4, -0.2) is 84.1 Å². The van der Waals surface area contributed by atoms with Gasteiger partial charge in [-0.3, -0.25) is 9.69 Å².